The van der Waals surface area contributed by atoms with Crippen molar-refractivity contribution in [1.82, 2.24) is 10.2 Å². The lowest BCUT2D eigenvalue weighted by atomic mass is 10.1. The lowest BCUT2D eigenvalue weighted by molar-refractivity contribution is -0.144. The fourth-order valence-electron chi connectivity index (χ4n) is 2.48. The number of carbonyl (C=O) groups excluding carboxylic acids is 3. The molecule has 9 heteroatoms. The van der Waals surface area contributed by atoms with Crippen LogP contribution in [0.3, 0.4) is 0 Å². The first-order chi connectivity index (χ1) is 13.0. The molecule has 0 unspecified atom stereocenters. The largest absolute Gasteiger partial charge is 0.466 e. The van der Waals surface area contributed by atoms with Gasteiger partial charge in [-0.15, -0.1) is 0 Å². The number of ether oxygens (including phenoxy) is 2. The monoisotopic (exact) mass is 393 g/mol. The molecular formula is C18H23N3O5S. The lowest BCUT2D eigenvalue weighted by Gasteiger charge is -2.27. The van der Waals surface area contributed by atoms with Crippen LogP contribution in [0.25, 0.3) is 0 Å². The average molecular weight is 393 g/mol. The van der Waals surface area contributed by atoms with Crippen LogP contribution in [0.2, 0.25) is 0 Å². The molecule has 27 heavy (non-hydrogen) atoms. The zero-order chi connectivity index (χ0) is 19.6. The lowest BCUT2D eigenvalue weighted by Crippen LogP contribution is -2.40. The first-order valence-electron chi connectivity index (χ1n) is 8.73. The van der Waals surface area contributed by atoms with Gasteiger partial charge in [-0.1, -0.05) is 6.07 Å². The number of nitrogens with zero attached hydrogens (tertiary/aromatic N) is 1. The molecule has 0 aromatic heterocycles. The Morgan fingerprint density at radius 1 is 1.22 bits per heavy atom. The predicted molar refractivity (Wildman–Crippen MR) is 103 cm³/mol. The van der Waals surface area contributed by atoms with E-state index >= 15 is 0 Å². The third kappa shape index (κ3) is 6.95. The van der Waals surface area contributed by atoms with E-state index in [2.05, 4.69) is 10.6 Å². The minimum Gasteiger partial charge on any atom is -0.466 e. The van der Waals surface area contributed by atoms with E-state index in [1.807, 2.05) is 0 Å². The summed E-state index contributed by atoms with van der Waals surface area (Å²) in [5.74, 6) is -0.895. The minimum absolute atomic E-state index is 0.00811. The molecule has 1 fully saturated rings. The van der Waals surface area contributed by atoms with Crippen molar-refractivity contribution in [2.45, 2.75) is 19.8 Å². The second-order valence-electron chi connectivity index (χ2n) is 5.79. The molecule has 2 amide bonds. The van der Waals surface area contributed by atoms with Crippen LogP contribution in [-0.2, 0) is 19.1 Å². The molecule has 0 spiro atoms. The highest BCUT2D eigenvalue weighted by Crippen LogP contribution is 2.14. The number of esters is 1. The Kier molecular flexibility index (Phi) is 8.15. The number of carbonyl (C=O) groups is 3. The van der Waals surface area contributed by atoms with Gasteiger partial charge >= 0.3 is 5.97 Å². The van der Waals surface area contributed by atoms with Crippen molar-refractivity contribution >= 4 is 40.8 Å². The van der Waals surface area contributed by atoms with Gasteiger partial charge in [0.15, 0.2) is 5.11 Å². The Balaban J connectivity index is 1.85. The summed E-state index contributed by atoms with van der Waals surface area (Å²) in [5, 5.41) is 5.47. The van der Waals surface area contributed by atoms with Crippen molar-refractivity contribution in [3.05, 3.63) is 29.8 Å². The van der Waals surface area contributed by atoms with Gasteiger partial charge in [-0.25, -0.2) is 0 Å². The molecule has 1 aliphatic rings. The number of amides is 2. The zero-order valence-electron chi connectivity index (χ0n) is 15.2. The highest BCUT2D eigenvalue weighted by atomic mass is 32.1. The third-order valence-corrected chi connectivity index (χ3v) is 3.98. The van der Waals surface area contributed by atoms with Crippen LogP contribution >= 0.6 is 12.2 Å². The van der Waals surface area contributed by atoms with Gasteiger partial charge in [0.25, 0.3) is 5.91 Å². The summed E-state index contributed by atoms with van der Waals surface area (Å²) in [6.45, 7) is 4.17. The Morgan fingerprint density at radius 3 is 2.67 bits per heavy atom. The number of rotatable bonds is 6. The molecule has 2 rings (SSSR count). The first kappa shape index (κ1) is 20.8. The zero-order valence-corrected chi connectivity index (χ0v) is 16.0. The summed E-state index contributed by atoms with van der Waals surface area (Å²) in [6, 6.07) is 6.88. The summed E-state index contributed by atoms with van der Waals surface area (Å²) in [6.07, 6.45) is -0.0258. The summed E-state index contributed by atoms with van der Waals surface area (Å²) in [4.78, 5) is 37.3. The van der Waals surface area contributed by atoms with E-state index in [1.165, 1.54) is 0 Å². The van der Waals surface area contributed by atoms with Gasteiger partial charge in [0.2, 0.25) is 5.91 Å². The Morgan fingerprint density at radius 2 is 1.96 bits per heavy atom. The van der Waals surface area contributed by atoms with E-state index in [1.54, 1.807) is 36.1 Å². The van der Waals surface area contributed by atoms with Gasteiger partial charge in [0.05, 0.1) is 26.2 Å². The van der Waals surface area contributed by atoms with Crippen LogP contribution < -0.4 is 10.6 Å². The molecule has 146 valence electrons. The van der Waals surface area contributed by atoms with Gasteiger partial charge in [-0.3, -0.25) is 14.4 Å². The standard InChI is InChI=1S/C18H23N3O5S/c1-2-26-16(23)7-6-15(22)20-18(27)19-14-5-3-4-13(12-14)17(24)21-8-10-25-11-9-21/h3-5,12H,2,6-11H2,1H3,(H2,19,20,22,27). The molecule has 1 aromatic carbocycles. The maximum absolute atomic E-state index is 12.5. The van der Waals surface area contributed by atoms with Crippen LogP contribution in [0.1, 0.15) is 30.1 Å². The fourth-order valence-corrected chi connectivity index (χ4v) is 2.71. The maximum atomic E-state index is 12.5. The molecule has 1 aliphatic heterocycles. The van der Waals surface area contributed by atoms with Crippen molar-refractivity contribution in [2.75, 3.05) is 38.2 Å². The van der Waals surface area contributed by atoms with Gasteiger partial charge in [0, 0.05) is 30.8 Å². The van der Waals surface area contributed by atoms with E-state index in [0.717, 1.165) is 0 Å². The molecule has 0 saturated carbocycles. The predicted octanol–water partition coefficient (Wildman–Crippen LogP) is 1.32. The van der Waals surface area contributed by atoms with E-state index in [4.69, 9.17) is 21.7 Å². The minimum atomic E-state index is -0.430. The van der Waals surface area contributed by atoms with Gasteiger partial charge in [0.1, 0.15) is 0 Å². The fraction of sp³-hybridized carbons (Fsp3) is 0.444. The number of hydrogen-bond donors (Lipinski definition) is 2. The topological polar surface area (TPSA) is 97.0 Å². The third-order valence-electron chi connectivity index (χ3n) is 3.78. The van der Waals surface area contributed by atoms with Gasteiger partial charge < -0.3 is 25.0 Å². The SMILES string of the molecule is CCOC(=O)CCC(=O)NC(=S)Nc1cccc(C(=O)N2CCOCC2)c1. The summed E-state index contributed by atoms with van der Waals surface area (Å²) in [5.41, 5.74) is 1.11. The van der Waals surface area contributed by atoms with Crippen LogP contribution in [0, 0.1) is 0 Å². The Bertz CT molecular complexity index is 704. The van der Waals surface area contributed by atoms with Crippen molar-refractivity contribution in [2.24, 2.45) is 0 Å². The van der Waals surface area contributed by atoms with Gasteiger partial charge in [-0.2, -0.15) is 0 Å². The molecule has 0 aliphatic carbocycles. The van der Waals surface area contributed by atoms with Crippen LogP contribution in [-0.4, -0.2) is 60.7 Å². The molecule has 0 atom stereocenters. The van der Waals surface area contributed by atoms with E-state index < -0.39 is 5.97 Å². The molecule has 0 bridgehead atoms. The highest BCUT2D eigenvalue weighted by Gasteiger charge is 2.18. The normalized spacial score (nSPS) is 13.6. The summed E-state index contributed by atoms with van der Waals surface area (Å²) < 4.78 is 10.0. The summed E-state index contributed by atoms with van der Waals surface area (Å²) >= 11 is 5.11. The van der Waals surface area contributed by atoms with Crippen molar-refractivity contribution < 1.29 is 23.9 Å². The number of hydrogen-bond acceptors (Lipinski definition) is 6. The number of morpholine rings is 1. The first-order valence-corrected chi connectivity index (χ1v) is 9.14. The molecule has 8 nitrogen and oxygen atoms in total. The van der Waals surface area contributed by atoms with Crippen LogP contribution in [0.15, 0.2) is 24.3 Å². The van der Waals surface area contributed by atoms with Crippen LogP contribution in [0.5, 0.6) is 0 Å². The molecule has 0 radical (unpaired) electrons. The molecule has 1 aromatic rings. The van der Waals surface area contributed by atoms with Crippen molar-refractivity contribution in [3.63, 3.8) is 0 Å². The Labute approximate surface area is 163 Å². The smallest absolute Gasteiger partial charge is 0.306 e. The second kappa shape index (κ2) is 10.6. The van der Waals surface area contributed by atoms with Crippen molar-refractivity contribution in [3.8, 4) is 0 Å². The average Bonchev–Trinajstić information content (AvgIpc) is 2.67. The highest BCUT2D eigenvalue weighted by molar-refractivity contribution is 7.80. The van der Waals surface area contributed by atoms with E-state index in [9.17, 15) is 14.4 Å². The number of nitrogens with one attached hydrogen (secondary N) is 2. The number of anilines is 1. The van der Waals surface area contributed by atoms with Gasteiger partial charge in [-0.05, 0) is 37.3 Å². The molecular weight excluding hydrogens is 370 g/mol. The van der Waals surface area contributed by atoms with Crippen LogP contribution in [0.4, 0.5) is 5.69 Å². The number of benzene rings is 1. The number of thiocarbonyl (C=S) groups is 1. The summed E-state index contributed by atoms with van der Waals surface area (Å²) in [7, 11) is 0. The van der Waals surface area contributed by atoms with Crippen molar-refractivity contribution in [1.29, 1.82) is 0 Å². The maximum Gasteiger partial charge on any atom is 0.306 e. The molecule has 2 N–H and O–H groups in total. The Hall–Kier alpha value is -2.52. The second-order valence-corrected chi connectivity index (χ2v) is 6.20. The van der Waals surface area contributed by atoms with E-state index in [-0.39, 0.29) is 36.4 Å². The van der Waals surface area contributed by atoms with E-state index in [0.29, 0.717) is 37.6 Å². The molecule has 1 heterocycles. The molecule has 1 saturated heterocycles. The quantitative estimate of drug-likeness (QED) is 0.556.